The van der Waals surface area contributed by atoms with Crippen LogP contribution in [0.2, 0.25) is 0 Å². The number of rotatable bonds is 9. The summed E-state index contributed by atoms with van der Waals surface area (Å²) in [5, 5.41) is 3.41. The SMILES string of the molecule is C=CCN(CC=C)Cc1cc(CNC(C)C)c(C)o1. The highest BCUT2D eigenvalue weighted by Crippen LogP contribution is 2.16. The number of hydrogen-bond donors (Lipinski definition) is 1. The summed E-state index contributed by atoms with van der Waals surface area (Å²) in [6.07, 6.45) is 3.81. The molecule has 0 fully saturated rings. The number of hydrogen-bond acceptors (Lipinski definition) is 3. The van der Waals surface area contributed by atoms with Crippen LogP contribution in [0.15, 0.2) is 35.8 Å². The van der Waals surface area contributed by atoms with Crippen molar-refractivity contribution in [2.45, 2.75) is 39.9 Å². The second kappa shape index (κ2) is 7.97. The van der Waals surface area contributed by atoms with Crippen molar-refractivity contribution in [2.75, 3.05) is 13.1 Å². The molecule has 0 atom stereocenters. The highest BCUT2D eigenvalue weighted by molar-refractivity contribution is 5.20. The second-order valence-corrected chi connectivity index (χ2v) is 5.10. The molecule has 1 aromatic rings. The fraction of sp³-hybridized carbons (Fsp3) is 0.500. The van der Waals surface area contributed by atoms with Gasteiger partial charge in [-0.15, -0.1) is 13.2 Å². The van der Waals surface area contributed by atoms with Gasteiger partial charge in [-0.1, -0.05) is 26.0 Å². The normalized spacial score (nSPS) is 11.2. The lowest BCUT2D eigenvalue weighted by molar-refractivity contribution is 0.292. The first-order valence-electron chi connectivity index (χ1n) is 6.82. The van der Waals surface area contributed by atoms with Crippen molar-refractivity contribution < 1.29 is 4.42 Å². The van der Waals surface area contributed by atoms with Crippen LogP contribution in [-0.4, -0.2) is 24.0 Å². The molecule has 0 amide bonds. The number of nitrogens with zero attached hydrogens (tertiary/aromatic N) is 1. The minimum absolute atomic E-state index is 0.482. The minimum Gasteiger partial charge on any atom is -0.465 e. The summed E-state index contributed by atoms with van der Waals surface area (Å²) in [6.45, 7) is 17.2. The first-order valence-corrected chi connectivity index (χ1v) is 6.82. The monoisotopic (exact) mass is 262 g/mol. The summed E-state index contributed by atoms with van der Waals surface area (Å²) in [4.78, 5) is 2.23. The van der Waals surface area contributed by atoms with E-state index in [2.05, 4.69) is 43.3 Å². The molecule has 0 saturated carbocycles. The Balaban J connectivity index is 2.65. The lowest BCUT2D eigenvalue weighted by Crippen LogP contribution is -2.23. The molecule has 0 radical (unpaired) electrons. The van der Waals surface area contributed by atoms with E-state index in [4.69, 9.17) is 4.42 Å². The van der Waals surface area contributed by atoms with Crippen LogP contribution < -0.4 is 5.32 Å². The quantitative estimate of drug-likeness (QED) is 0.692. The number of furan rings is 1. The van der Waals surface area contributed by atoms with Crippen LogP contribution in [0.4, 0.5) is 0 Å². The van der Waals surface area contributed by atoms with Gasteiger partial charge < -0.3 is 9.73 Å². The van der Waals surface area contributed by atoms with Gasteiger partial charge in [0.1, 0.15) is 11.5 Å². The average Bonchev–Trinajstić information content (AvgIpc) is 2.67. The Bertz CT molecular complexity index is 397. The van der Waals surface area contributed by atoms with Crippen molar-refractivity contribution >= 4 is 0 Å². The van der Waals surface area contributed by atoms with Crippen molar-refractivity contribution in [3.8, 4) is 0 Å². The van der Waals surface area contributed by atoms with Gasteiger partial charge in [0.25, 0.3) is 0 Å². The molecule has 19 heavy (non-hydrogen) atoms. The van der Waals surface area contributed by atoms with Gasteiger partial charge >= 0.3 is 0 Å². The first-order chi connectivity index (χ1) is 9.06. The first kappa shape index (κ1) is 15.7. The smallest absolute Gasteiger partial charge is 0.118 e. The van der Waals surface area contributed by atoms with Crippen molar-refractivity contribution in [2.24, 2.45) is 0 Å². The molecule has 0 bridgehead atoms. The van der Waals surface area contributed by atoms with Gasteiger partial charge in [-0.25, -0.2) is 0 Å². The van der Waals surface area contributed by atoms with E-state index in [9.17, 15) is 0 Å². The van der Waals surface area contributed by atoms with E-state index in [1.54, 1.807) is 0 Å². The lowest BCUT2D eigenvalue weighted by atomic mass is 10.2. The maximum absolute atomic E-state index is 5.82. The fourth-order valence-corrected chi connectivity index (χ4v) is 1.94. The van der Waals surface area contributed by atoms with E-state index in [-0.39, 0.29) is 0 Å². The summed E-state index contributed by atoms with van der Waals surface area (Å²) in [6, 6.07) is 2.62. The molecule has 1 heterocycles. The molecule has 0 aliphatic rings. The minimum atomic E-state index is 0.482. The van der Waals surface area contributed by atoms with E-state index in [0.717, 1.165) is 37.7 Å². The Morgan fingerprint density at radius 2 is 1.95 bits per heavy atom. The van der Waals surface area contributed by atoms with Gasteiger partial charge in [0, 0.05) is 31.2 Å². The molecule has 3 nitrogen and oxygen atoms in total. The van der Waals surface area contributed by atoms with Crippen LogP contribution in [0, 0.1) is 6.92 Å². The van der Waals surface area contributed by atoms with Crippen LogP contribution in [0.3, 0.4) is 0 Å². The molecule has 0 saturated heterocycles. The Morgan fingerprint density at radius 1 is 1.32 bits per heavy atom. The average molecular weight is 262 g/mol. The molecule has 0 spiro atoms. The van der Waals surface area contributed by atoms with Gasteiger partial charge in [0.2, 0.25) is 0 Å². The van der Waals surface area contributed by atoms with Crippen molar-refractivity contribution in [3.63, 3.8) is 0 Å². The predicted octanol–water partition coefficient (Wildman–Crippen LogP) is 3.26. The van der Waals surface area contributed by atoms with Gasteiger partial charge in [0.15, 0.2) is 0 Å². The topological polar surface area (TPSA) is 28.4 Å². The summed E-state index contributed by atoms with van der Waals surface area (Å²) >= 11 is 0. The molecular formula is C16H26N2O. The zero-order valence-electron chi connectivity index (χ0n) is 12.4. The molecule has 0 unspecified atom stereocenters. The molecular weight excluding hydrogens is 236 g/mol. The molecule has 1 N–H and O–H groups in total. The molecule has 3 heteroatoms. The van der Waals surface area contributed by atoms with E-state index < -0.39 is 0 Å². The van der Waals surface area contributed by atoms with E-state index in [0.29, 0.717) is 6.04 Å². The summed E-state index contributed by atoms with van der Waals surface area (Å²) in [5.74, 6) is 2.00. The standard InChI is InChI=1S/C16H26N2O/c1-6-8-18(9-7-2)12-16-10-15(14(5)19-16)11-17-13(3)4/h6-7,10,13,17H,1-2,8-9,11-12H2,3-5H3. The maximum Gasteiger partial charge on any atom is 0.118 e. The third-order valence-electron chi connectivity index (χ3n) is 2.93. The summed E-state index contributed by atoms with van der Waals surface area (Å²) in [7, 11) is 0. The van der Waals surface area contributed by atoms with Crippen molar-refractivity contribution in [3.05, 3.63) is 48.5 Å². The van der Waals surface area contributed by atoms with Crippen LogP contribution in [0.1, 0.15) is 30.9 Å². The molecule has 0 aromatic carbocycles. The zero-order valence-corrected chi connectivity index (χ0v) is 12.4. The van der Waals surface area contributed by atoms with Gasteiger partial charge in [0.05, 0.1) is 6.54 Å². The van der Waals surface area contributed by atoms with Crippen LogP contribution >= 0.6 is 0 Å². The van der Waals surface area contributed by atoms with Gasteiger partial charge in [-0.05, 0) is 13.0 Å². The third-order valence-corrected chi connectivity index (χ3v) is 2.93. The van der Waals surface area contributed by atoms with Gasteiger partial charge in [-0.2, -0.15) is 0 Å². The van der Waals surface area contributed by atoms with E-state index in [1.165, 1.54) is 5.56 Å². The molecule has 0 aliphatic carbocycles. The number of nitrogens with one attached hydrogen (secondary N) is 1. The molecule has 0 aliphatic heterocycles. The fourth-order valence-electron chi connectivity index (χ4n) is 1.94. The van der Waals surface area contributed by atoms with Crippen LogP contribution in [0.5, 0.6) is 0 Å². The highest BCUT2D eigenvalue weighted by atomic mass is 16.3. The zero-order chi connectivity index (χ0) is 14.3. The third kappa shape index (κ3) is 5.45. The van der Waals surface area contributed by atoms with Crippen molar-refractivity contribution in [1.82, 2.24) is 10.2 Å². The molecule has 106 valence electrons. The summed E-state index contributed by atoms with van der Waals surface area (Å²) in [5.41, 5.74) is 1.24. The molecule has 1 rings (SSSR count). The Morgan fingerprint density at radius 3 is 2.47 bits per heavy atom. The van der Waals surface area contributed by atoms with E-state index in [1.807, 2.05) is 19.1 Å². The second-order valence-electron chi connectivity index (χ2n) is 5.10. The Kier molecular flexibility index (Phi) is 6.60. The van der Waals surface area contributed by atoms with Crippen molar-refractivity contribution in [1.29, 1.82) is 0 Å². The van der Waals surface area contributed by atoms with Crippen LogP contribution in [0.25, 0.3) is 0 Å². The summed E-state index contributed by atoms with van der Waals surface area (Å²) < 4.78 is 5.82. The van der Waals surface area contributed by atoms with Crippen LogP contribution in [-0.2, 0) is 13.1 Å². The van der Waals surface area contributed by atoms with Gasteiger partial charge in [-0.3, -0.25) is 4.90 Å². The Hall–Kier alpha value is -1.32. The highest BCUT2D eigenvalue weighted by Gasteiger charge is 2.10. The van der Waals surface area contributed by atoms with E-state index >= 15 is 0 Å². The Labute approximate surface area is 117 Å². The maximum atomic E-state index is 5.82. The predicted molar refractivity (Wildman–Crippen MR) is 81.1 cm³/mol. The number of aryl methyl sites for hydroxylation is 1. The lowest BCUT2D eigenvalue weighted by Gasteiger charge is -2.16. The molecule has 1 aromatic heterocycles. The largest absolute Gasteiger partial charge is 0.465 e.